The first-order valence-electron chi connectivity index (χ1n) is 0.617. The summed E-state index contributed by atoms with van der Waals surface area (Å²) in [6.45, 7) is 0. The van der Waals surface area contributed by atoms with E-state index < -0.39 is 15.8 Å². The van der Waals surface area contributed by atoms with Crippen molar-refractivity contribution in [3.63, 3.8) is 0 Å². The summed E-state index contributed by atoms with van der Waals surface area (Å²) in [4.78, 5) is 0. The van der Waals surface area contributed by atoms with Gasteiger partial charge in [0.15, 0.2) is 0 Å². The molecule has 0 aliphatic carbocycles. The standard InChI is InChI=1S/H3N.4O.Re.Zr/h1H3;;;;;;/q;;;;-1;;/p+1. The first-order valence-corrected chi connectivity index (χ1v) is 5.05. The van der Waals surface area contributed by atoms with Crippen molar-refractivity contribution in [2.45, 2.75) is 0 Å². The Morgan fingerprint density at radius 1 is 1.14 bits per heavy atom. The second-order valence-corrected chi connectivity index (χ2v) is 3.09. The monoisotopic (exact) mass is 359 g/mol. The predicted octanol–water partition coefficient (Wildman–Crippen LogP) is -1.17. The van der Waals surface area contributed by atoms with Crippen LogP contribution in [0.25, 0.3) is 0 Å². The normalized spacial score (nSPS) is 8.14. The van der Waals surface area contributed by atoms with Gasteiger partial charge in [-0.1, -0.05) is 0 Å². The van der Waals surface area contributed by atoms with Crippen molar-refractivity contribution in [1.82, 2.24) is 6.15 Å². The van der Waals surface area contributed by atoms with Crippen molar-refractivity contribution in [2.24, 2.45) is 0 Å². The molecule has 5 nitrogen and oxygen atoms in total. The summed E-state index contributed by atoms with van der Waals surface area (Å²) in [6, 6.07) is 0. The molecule has 0 aliphatic heterocycles. The fourth-order valence-corrected chi connectivity index (χ4v) is 0. The van der Waals surface area contributed by atoms with Crippen LogP contribution in [0.5, 0.6) is 0 Å². The van der Waals surface area contributed by atoms with E-state index in [1.165, 1.54) is 0 Å². The van der Waals surface area contributed by atoms with Gasteiger partial charge < -0.3 is 6.15 Å². The molecular formula is H4NO4ReZr. The van der Waals surface area contributed by atoms with Crippen LogP contribution in [0.4, 0.5) is 0 Å². The molecule has 0 aromatic carbocycles. The van der Waals surface area contributed by atoms with Gasteiger partial charge in [-0.25, -0.2) is 0 Å². The molecule has 0 aromatic rings. The van der Waals surface area contributed by atoms with E-state index in [9.17, 15) is 0 Å². The largest absolute Gasteiger partial charge is 0 e. The topological polar surface area (TPSA) is 111 Å². The Bertz CT molecular complexity index is 133. The van der Waals surface area contributed by atoms with Crippen molar-refractivity contribution in [3.05, 3.63) is 0 Å². The van der Waals surface area contributed by atoms with Gasteiger partial charge in [-0.3, -0.25) is 0 Å². The van der Waals surface area contributed by atoms with Crippen LogP contribution in [0.15, 0.2) is 0 Å². The van der Waals surface area contributed by atoms with Gasteiger partial charge in [-0.2, -0.15) is 0 Å². The third-order valence-electron chi connectivity index (χ3n) is 0. The molecule has 0 saturated heterocycles. The average molecular weight is 359 g/mol. The van der Waals surface area contributed by atoms with Crippen molar-refractivity contribution in [3.8, 4) is 0 Å². The zero-order valence-electron chi connectivity index (χ0n) is 3.51. The maximum atomic E-state index is 8.64. The van der Waals surface area contributed by atoms with Crippen LogP contribution in [0, 0.1) is 0 Å². The van der Waals surface area contributed by atoms with Crippen molar-refractivity contribution in [2.75, 3.05) is 0 Å². The molecule has 44 valence electrons. The Morgan fingerprint density at radius 3 is 1.14 bits per heavy atom. The molecule has 0 aromatic heterocycles. The van der Waals surface area contributed by atoms with E-state index in [0.29, 0.717) is 0 Å². The Hall–Kier alpha value is 0.865. The van der Waals surface area contributed by atoms with E-state index in [0.717, 1.165) is 0 Å². The Kier molecular flexibility index (Phi) is 11.2. The number of quaternary nitrogens is 1. The minimum Gasteiger partial charge on any atom is 0 e. The molecule has 0 heterocycles. The second kappa shape index (κ2) is 5.01. The smallest absolute Gasteiger partial charge is 0 e. The molecule has 0 saturated carbocycles. The third-order valence-corrected chi connectivity index (χ3v) is 0. The summed E-state index contributed by atoms with van der Waals surface area (Å²) in [5, 5.41) is 0. The van der Waals surface area contributed by atoms with Gasteiger partial charge in [0.2, 0.25) is 0 Å². The fourth-order valence-electron chi connectivity index (χ4n) is 0. The van der Waals surface area contributed by atoms with Gasteiger partial charge in [0.1, 0.15) is 0 Å². The summed E-state index contributed by atoms with van der Waals surface area (Å²) in [7, 11) is 0. The number of hydrogen-bond donors (Lipinski definition) is 1. The molecule has 7 heteroatoms. The molecule has 0 amide bonds. The summed E-state index contributed by atoms with van der Waals surface area (Å²) in [5.41, 5.74) is 0. The number of hydrogen-bond acceptors (Lipinski definition) is 4. The Morgan fingerprint density at radius 2 is 1.14 bits per heavy atom. The molecule has 0 rings (SSSR count). The maximum absolute atomic E-state index is 8.64. The van der Waals surface area contributed by atoms with Crippen LogP contribution >= 0.6 is 0 Å². The predicted molar refractivity (Wildman–Crippen MR) is 8.04 cm³/mol. The summed E-state index contributed by atoms with van der Waals surface area (Å²) in [6.07, 6.45) is 0. The molecule has 7 heavy (non-hydrogen) atoms. The van der Waals surface area contributed by atoms with Crippen LogP contribution in [0.1, 0.15) is 0 Å². The van der Waals surface area contributed by atoms with Crippen molar-refractivity contribution in [1.29, 1.82) is 0 Å². The molecule has 0 unspecified atom stereocenters. The van der Waals surface area contributed by atoms with Crippen molar-refractivity contribution < 1.29 is 56.2 Å². The maximum Gasteiger partial charge on any atom is 0 e. The van der Waals surface area contributed by atoms with Crippen LogP contribution in [-0.4, -0.2) is 0 Å². The molecule has 0 aliphatic rings. The summed E-state index contributed by atoms with van der Waals surface area (Å²) in [5.74, 6) is 0. The number of rotatable bonds is 0. The molecule has 0 fully saturated rings. The molecule has 0 spiro atoms. The van der Waals surface area contributed by atoms with Crippen LogP contribution in [0.2, 0.25) is 0 Å². The first-order chi connectivity index (χ1) is 2.00. The fraction of sp³-hybridized carbons (Fsp3) is 0. The van der Waals surface area contributed by atoms with E-state index in [4.69, 9.17) is 14.2 Å². The molecule has 0 atom stereocenters. The Balaban J connectivity index is -0.0000000800. The van der Waals surface area contributed by atoms with E-state index in [2.05, 4.69) is 0 Å². The molecule has 0 radical (unpaired) electrons. The second-order valence-electron chi connectivity index (χ2n) is 0.378. The average Bonchev–Trinajstić information content (AvgIpc) is 0.722. The van der Waals surface area contributed by atoms with Gasteiger partial charge in [-0.05, 0) is 0 Å². The Labute approximate surface area is 62.2 Å². The van der Waals surface area contributed by atoms with Gasteiger partial charge in [0.25, 0.3) is 0 Å². The van der Waals surface area contributed by atoms with Gasteiger partial charge in [0.05, 0.1) is 0 Å². The minimum atomic E-state index is -6.11. The molecular weight excluding hydrogens is 355 g/mol. The van der Waals surface area contributed by atoms with E-state index in [1.807, 2.05) is 0 Å². The van der Waals surface area contributed by atoms with E-state index >= 15 is 0 Å². The quantitative estimate of drug-likeness (QED) is 0.587. The minimum absolute atomic E-state index is 0. The zero-order valence-corrected chi connectivity index (χ0v) is 8.68. The van der Waals surface area contributed by atoms with Crippen LogP contribution < -0.4 is 9.98 Å². The zero-order chi connectivity index (χ0) is 4.50. The van der Waals surface area contributed by atoms with E-state index in [1.54, 1.807) is 0 Å². The first kappa shape index (κ1) is 15.7. The SMILES string of the molecule is [NH4+].[O]=[Re](=[O])(=[O])[O-].[Zr]. The summed E-state index contributed by atoms with van der Waals surface area (Å²) >= 11 is -6.11. The van der Waals surface area contributed by atoms with Gasteiger partial charge in [-0.15, -0.1) is 0 Å². The summed E-state index contributed by atoms with van der Waals surface area (Å²) < 4.78 is 34.6. The van der Waals surface area contributed by atoms with E-state index in [-0.39, 0.29) is 32.4 Å². The van der Waals surface area contributed by atoms with Gasteiger partial charge in [0, 0.05) is 26.2 Å². The van der Waals surface area contributed by atoms with Crippen LogP contribution in [-0.2, 0) is 52.4 Å². The third kappa shape index (κ3) is 217. The van der Waals surface area contributed by atoms with Crippen LogP contribution in [0.3, 0.4) is 0 Å². The molecule has 0 bridgehead atoms. The van der Waals surface area contributed by atoms with Crippen molar-refractivity contribution >= 4 is 0 Å². The van der Waals surface area contributed by atoms with Gasteiger partial charge >= 0.3 is 30.0 Å². The molecule has 4 N–H and O–H groups in total.